The Morgan fingerprint density at radius 2 is 1.62 bits per heavy atom. The predicted octanol–water partition coefficient (Wildman–Crippen LogP) is 7.75. The molecular formula is C50H47Cl2FN6O6. The van der Waals surface area contributed by atoms with Gasteiger partial charge in [-0.2, -0.15) is 0 Å². The summed E-state index contributed by atoms with van der Waals surface area (Å²) in [5.41, 5.74) is 2.38. The second-order valence-electron chi connectivity index (χ2n) is 18.2. The van der Waals surface area contributed by atoms with Gasteiger partial charge in [-0.3, -0.25) is 39.4 Å². The van der Waals surface area contributed by atoms with E-state index in [0.29, 0.717) is 72.0 Å². The van der Waals surface area contributed by atoms with Gasteiger partial charge in [-0.15, -0.1) is 0 Å². The van der Waals surface area contributed by atoms with E-state index in [1.54, 1.807) is 59.5 Å². The summed E-state index contributed by atoms with van der Waals surface area (Å²) in [6.07, 6.45) is 9.94. The van der Waals surface area contributed by atoms with E-state index >= 15 is 4.39 Å². The fourth-order valence-electron chi connectivity index (χ4n) is 11.6. The molecule has 1 saturated carbocycles. The average molecular weight is 918 g/mol. The molecule has 4 aromatic carbocycles. The van der Waals surface area contributed by atoms with Gasteiger partial charge in [-0.25, -0.2) is 4.39 Å². The van der Waals surface area contributed by atoms with Gasteiger partial charge in [0, 0.05) is 65.0 Å². The number of rotatable bonds is 7. The summed E-state index contributed by atoms with van der Waals surface area (Å²) in [7, 11) is 0. The Kier molecular flexibility index (Phi) is 11.1. The number of imide groups is 1. The molecule has 6 amide bonds. The van der Waals surface area contributed by atoms with E-state index in [9.17, 15) is 28.8 Å². The normalized spacial score (nSPS) is 25.0. The fourth-order valence-corrected chi connectivity index (χ4v) is 12.0. The quantitative estimate of drug-likeness (QED) is 0.138. The maximum Gasteiger partial charge on any atom is 0.255 e. The van der Waals surface area contributed by atoms with Crippen molar-refractivity contribution in [2.24, 2.45) is 5.92 Å². The van der Waals surface area contributed by atoms with Crippen molar-refractivity contribution in [3.8, 4) is 0 Å². The van der Waals surface area contributed by atoms with Gasteiger partial charge in [-0.1, -0.05) is 84.9 Å². The minimum absolute atomic E-state index is 0.104. The van der Waals surface area contributed by atoms with Gasteiger partial charge in [-0.05, 0) is 109 Å². The summed E-state index contributed by atoms with van der Waals surface area (Å²) in [6, 6.07) is 20.5. The van der Waals surface area contributed by atoms with Gasteiger partial charge in [0.1, 0.15) is 17.3 Å². The first kappa shape index (κ1) is 43.0. The Morgan fingerprint density at radius 3 is 2.37 bits per heavy atom. The van der Waals surface area contributed by atoms with Crippen LogP contribution in [0.25, 0.3) is 6.08 Å². The first-order valence-electron chi connectivity index (χ1n) is 22.4. The third kappa shape index (κ3) is 7.23. The van der Waals surface area contributed by atoms with E-state index in [2.05, 4.69) is 27.3 Å². The lowest BCUT2D eigenvalue weighted by Crippen LogP contribution is -2.60. The molecular weight excluding hydrogens is 870 g/mol. The van der Waals surface area contributed by atoms with Crippen LogP contribution in [-0.4, -0.2) is 76.0 Å². The topological polar surface area (TPSA) is 157 Å². The zero-order chi connectivity index (χ0) is 45.2. The van der Waals surface area contributed by atoms with Crippen LogP contribution in [0.15, 0.2) is 84.9 Å². The van der Waals surface area contributed by atoms with E-state index in [0.717, 1.165) is 43.2 Å². The van der Waals surface area contributed by atoms with Crippen LogP contribution in [0, 0.1) is 11.7 Å². The molecule has 6 aliphatic rings. The molecule has 12 nitrogen and oxygen atoms in total. The summed E-state index contributed by atoms with van der Waals surface area (Å²) in [6.45, 7) is 1.38. The highest BCUT2D eigenvalue weighted by Crippen LogP contribution is 2.63. The zero-order valence-corrected chi connectivity index (χ0v) is 36.9. The molecule has 334 valence electrons. The van der Waals surface area contributed by atoms with E-state index in [1.807, 2.05) is 29.2 Å². The van der Waals surface area contributed by atoms with Gasteiger partial charge < -0.3 is 20.4 Å². The molecule has 10 rings (SSSR count). The second-order valence-corrected chi connectivity index (χ2v) is 19.0. The molecule has 65 heavy (non-hydrogen) atoms. The highest BCUT2D eigenvalue weighted by Gasteiger charge is 2.72. The summed E-state index contributed by atoms with van der Waals surface area (Å²) in [5, 5.41) is 12.4. The molecule has 0 radical (unpaired) electrons. The molecule has 1 aliphatic carbocycles. The van der Waals surface area contributed by atoms with Crippen molar-refractivity contribution in [3.05, 3.63) is 134 Å². The molecule has 4 atom stereocenters. The standard InChI is InChI=1S/C50H47Cl2FN6O6/c51-31-14-17-36-38(26-31)55-48(65)50(36)41(34-8-5-9-37(52)42(34)53)43(57-49(50)22-2-1-3-23-49)45(62)54-32-15-12-30(13-16-32)46(63)58-24-20-28(21-25-58)10-11-29-6-4-7-33-35(29)27-59(47(33)64)39-18-19-40(60)56-44(39)61/h4-17,26,28,39,41,43,57H,1-3,18-25,27H2,(H,54,62)(H,55,65)(H,56,60,61)/b11-10-/t39?,41-,43+,50+/m0/s1. The van der Waals surface area contributed by atoms with E-state index in [1.165, 1.54) is 6.07 Å². The fraction of sp³-hybridized carbons (Fsp3) is 0.360. The number of anilines is 2. The molecule has 2 spiro atoms. The van der Waals surface area contributed by atoms with Crippen LogP contribution in [0.2, 0.25) is 10.0 Å². The minimum atomic E-state index is -1.36. The first-order chi connectivity index (χ1) is 31.4. The van der Waals surface area contributed by atoms with Crippen molar-refractivity contribution in [2.45, 2.75) is 93.3 Å². The lowest BCUT2D eigenvalue weighted by Gasteiger charge is -2.47. The average Bonchev–Trinajstić information content (AvgIpc) is 3.90. The summed E-state index contributed by atoms with van der Waals surface area (Å²) in [5.74, 6) is -3.32. The maximum atomic E-state index is 16.3. The van der Waals surface area contributed by atoms with Crippen molar-refractivity contribution < 1.29 is 33.2 Å². The molecule has 0 bridgehead atoms. The summed E-state index contributed by atoms with van der Waals surface area (Å²) < 4.78 is 16.3. The van der Waals surface area contributed by atoms with Crippen LogP contribution >= 0.6 is 23.2 Å². The van der Waals surface area contributed by atoms with Crippen LogP contribution in [0.5, 0.6) is 0 Å². The van der Waals surface area contributed by atoms with Crippen molar-refractivity contribution in [3.63, 3.8) is 0 Å². The molecule has 3 saturated heterocycles. The number of nitrogens with one attached hydrogen (secondary N) is 4. The molecule has 4 aromatic rings. The van der Waals surface area contributed by atoms with E-state index in [4.69, 9.17) is 23.2 Å². The largest absolute Gasteiger partial charge is 0.339 e. The van der Waals surface area contributed by atoms with E-state index < -0.39 is 46.6 Å². The van der Waals surface area contributed by atoms with Gasteiger partial charge in [0.05, 0.1) is 11.1 Å². The number of piperidine rings is 2. The van der Waals surface area contributed by atoms with Gasteiger partial charge in [0.2, 0.25) is 23.6 Å². The van der Waals surface area contributed by atoms with Crippen molar-refractivity contribution in [1.29, 1.82) is 0 Å². The Bertz CT molecular complexity index is 2700. The highest BCUT2D eigenvalue weighted by molar-refractivity contribution is 6.31. The molecule has 5 aliphatic heterocycles. The van der Waals surface area contributed by atoms with E-state index in [-0.39, 0.29) is 46.6 Å². The number of nitrogens with zero attached hydrogens (tertiary/aromatic N) is 2. The number of carbonyl (C=O) groups excluding carboxylic acids is 6. The third-order valence-electron chi connectivity index (χ3n) is 14.7. The smallest absolute Gasteiger partial charge is 0.255 e. The first-order valence-corrected chi connectivity index (χ1v) is 23.1. The number of likely N-dealkylation sites (tertiary alicyclic amines) is 1. The lowest BCUT2D eigenvalue weighted by molar-refractivity contribution is -0.137. The van der Waals surface area contributed by atoms with Gasteiger partial charge in [0.25, 0.3) is 11.8 Å². The second kappa shape index (κ2) is 16.8. The van der Waals surface area contributed by atoms with Crippen LogP contribution in [0.1, 0.15) is 107 Å². The molecule has 4 fully saturated rings. The molecule has 5 heterocycles. The highest BCUT2D eigenvalue weighted by atomic mass is 35.5. The predicted molar refractivity (Wildman–Crippen MR) is 244 cm³/mol. The van der Waals surface area contributed by atoms with Gasteiger partial charge >= 0.3 is 0 Å². The van der Waals surface area contributed by atoms with Crippen molar-refractivity contribution >= 4 is 76.1 Å². The lowest BCUT2D eigenvalue weighted by atomic mass is 9.55. The van der Waals surface area contributed by atoms with Gasteiger partial charge in [0.15, 0.2) is 0 Å². The van der Waals surface area contributed by atoms with Crippen molar-refractivity contribution in [1.82, 2.24) is 20.4 Å². The number of halogens is 3. The van der Waals surface area contributed by atoms with Crippen LogP contribution in [0.4, 0.5) is 15.8 Å². The molecule has 0 aromatic heterocycles. The summed E-state index contributed by atoms with van der Waals surface area (Å²) in [4.78, 5) is 84.0. The maximum absolute atomic E-state index is 16.3. The number of amides is 6. The van der Waals surface area contributed by atoms with Crippen molar-refractivity contribution in [2.75, 3.05) is 23.7 Å². The Labute approximate surface area is 385 Å². The number of fused-ring (bicyclic) bond motifs is 4. The number of allylic oxidation sites excluding steroid dienone is 1. The number of carbonyl (C=O) groups is 6. The molecule has 15 heteroatoms. The number of benzene rings is 4. The number of hydrogen-bond donors (Lipinski definition) is 4. The monoisotopic (exact) mass is 916 g/mol. The SMILES string of the molecule is O=C1CCC(N2Cc3c(/C=C\C4CCN(C(=O)c5ccc(NC(=O)[C@@H]6NC7(CCCCC7)[C@@]7(C(=O)Nc8cc(Cl)ccc87)[C@H]6c6cccc(Cl)c6F)cc5)CC4)cccc3C2=O)C(=O)N1. The number of hydrogen-bond acceptors (Lipinski definition) is 7. The molecule has 1 unspecified atom stereocenters. The Balaban J connectivity index is 0.825. The van der Waals surface area contributed by atoms with Crippen LogP contribution in [-0.2, 0) is 31.1 Å². The minimum Gasteiger partial charge on any atom is -0.339 e. The molecule has 4 N–H and O–H groups in total. The third-order valence-corrected chi connectivity index (χ3v) is 15.2. The zero-order valence-electron chi connectivity index (χ0n) is 35.4. The van der Waals surface area contributed by atoms with Crippen LogP contribution in [0.3, 0.4) is 0 Å². The summed E-state index contributed by atoms with van der Waals surface area (Å²) >= 11 is 12.8. The Morgan fingerprint density at radius 1 is 0.862 bits per heavy atom. The van der Waals surface area contributed by atoms with Crippen LogP contribution < -0.4 is 21.3 Å². The Hall–Kier alpha value is -5.89.